The van der Waals surface area contributed by atoms with Crippen LogP contribution in [-0.2, 0) is 14.1 Å². The van der Waals surface area contributed by atoms with Gasteiger partial charge in [0.1, 0.15) is 0 Å². The van der Waals surface area contributed by atoms with E-state index in [1.54, 1.807) is 7.05 Å². The number of H-pyrrole nitrogens is 1. The third-order valence-electron chi connectivity index (χ3n) is 5.77. The normalized spacial score (nSPS) is 28.7. The molecule has 7 heteroatoms. The van der Waals surface area contributed by atoms with E-state index in [2.05, 4.69) is 35.6 Å². The smallest absolute Gasteiger partial charge is 0.332 e. The predicted molar refractivity (Wildman–Crippen MR) is 93.4 cm³/mol. The first-order valence-electron chi connectivity index (χ1n) is 8.53. The van der Waals surface area contributed by atoms with Crippen molar-refractivity contribution < 1.29 is 0 Å². The Hall–Kier alpha value is -2.05. The first kappa shape index (κ1) is 15.5. The highest BCUT2D eigenvalue weighted by Gasteiger charge is 2.50. The van der Waals surface area contributed by atoms with Gasteiger partial charge in [-0.2, -0.15) is 4.98 Å². The number of fused-ring (bicyclic) bond motifs is 3. The molecule has 4 rings (SSSR count). The molecule has 2 unspecified atom stereocenters. The molecule has 2 bridgehead atoms. The van der Waals surface area contributed by atoms with Gasteiger partial charge in [-0.1, -0.05) is 20.8 Å². The minimum absolute atomic E-state index is 0.280. The van der Waals surface area contributed by atoms with Crippen molar-refractivity contribution in [3.8, 4) is 0 Å². The molecule has 1 aliphatic heterocycles. The predicted octanol–water partition coefficient (Wildman–Crippen LogP) is 1.37. The third-order valence-corrected chi connectivity index (χ3v) is 5.77. The quantitative estimate of drug-likeness (QED) is 0.856. The van der Waals surface area contributed by atoms with Crippen LogP contribution in [0.1, 0.15) is 40.0 Å². The summed E-state index contributed by atoms with van der Waals surface area (Å²) < 4.78 is 2.56. The van der Waals surface area contributed by atoms with Gasteiger partial charge >= 0.3 is 5.69 Å². The summed E-state index contributed by atoms with van der Waals surface area (Å²) in [6.45, 7) is 7.95. The van der Waals surface area contributed by atoms with E-state index in [-0.39, 0.29) is 16.7 Å². The molecule has 2 aromatic rings. The van der Waals surface area contributed by atoms with Crippen LogP contribution in [0.25, 0.3) is 11.2 Å². The van der Waals surface area contributed by atoms with Crippen molar-refractivity contribution in [1.82, 2.24) is 19.1 Å². The molecule has 0 amide bonds. The Morgan fingerprint density at radius 1 is 1.12 bits per heavy atom. The standard InChI is InChI=1S/C17H25N5O2/c1-16(2)6-10-7-17(3,8-16)9-22(10)14-18-11-12(19-14)20(4)15(24)21(5)13(11)23/h10H,6-9H2,1-5H3,(H,18,19). The van der Waals surface area contributed by atoms with Crippen LogP contribution in [0.4, 0.5) is 5.95 Å². The van der Waals surface area contributed by atoms with E-state index >= 15 is 0 Å². The number of anilines is 1. The molecule has 0 spiro atoms. The molecule has 1 aliphatic carbocycles. The lowest BCUT2D eigenvalue weighted by atomic mass is 9.65. The van der Waals surface area contributed by atoms with Gasteiger partial charge in [0.2, 0.25) is 5.95 Å². The van der Waals surface area contributed by atoms with Crippen molar-refractivity contribution in [2.75, 3.05) is 11.4 Å². The first-order chi connectivity index (χ1) is 11.1. The van der Waals surface area contributed by atoms with Crippen LogP contribution in [0.15, 0.2) is 9.59 Å². The lowest BCUT2D eigenvalue weighted by Crippen LogP contribution is -2.36. The highest BCUT2D eigenvalue weighted by atomic mass is 16.2. The fourth-order valence-corrected chi connectivity index (χ4v) is 5.16. The lowest BCUT2D eigenvalue weighted by molar-refractivity contribution is 0.136. The van der Waals surface area contributed by atoms with Crippen molar-refractivity contribution in [3.05, 3.63) is 20.8 Å². The van der Waals surface area contributed by atoms with Gasteiger partial charge < -0.3 is 9.88 Å². The monoisotopic (exact) mass is 331 g/mol. The number of imidazole rings is 1. The zero-order chi connectivity index (χ0) is 17.4. The van der Waals surface area contributed by atoms with Gasteiger partial charge in [-0.25, -0.2) is 4.79 Å². The summed E-state index contributed by atoms with van der Waals surface area (Å²) in [7, 11) is 3.15. The Morgan fingerprint density at radius 2 is 1.83 bits per heavy atom. The summed E-state index contributed by atoms with van der Waals surface area (Å²) >= 11 is 0. The van der Waals surface area contributed by atoms with Crippen LogP contribution < -0.4 is 16.1 Å². The topological polar surface area (TPSA) is 75.9 Å². The Morgan fingerprint density at radius 3 is 2.54 bits per heavy atom. The minimum Gasteiger partial charge on any atom is -0.339 e. The van der Waals surface area contributed by atoms with Gasteiger partial charge in [-0.15, -0.1) is 0 Å². The number of aromatic nitrogens is 4. The Bertz CT molecular complexity index is 950. The van der Waals surface area contributed by atoms with Crippen molar-refractivity contribution >= 4 is 17.1 Å². The molecule has 2 atom stereocenters. The molecule has 7 nitrogen and oxygen atoms in total. The molecule has 24 heavy (non-hydrogen) atoms. The lowest BCUT2D eigenvalue weighted by Gasteiger charge is -2.39. The number of nitrogens with zero attached hydrogens (tertiary/aromatic N) is 4. The zero-order valence-electron chi connectivity index (χ0n) is 15.0. The molecule has 2 fully saturated rings. The van der Waals surface area contributed by atoms with Crippen molar-refractivity contribution in [2.45, 2.75) is 46.1 Å². The summed E-state index contributed by atoms with van der Waals surface area (Å²) in [5.41, 5.74) is 0.771. The van der Waals surface area contributed by atoms with Crippen LogP contribution in [-0.4, -0.2) is 31.7 Å². The van der Waals surface area contributed by atoms with Crippen LogP contribution in [0, 0.1) is 10.8 Å². The third kappa shape index (κ3) is 2.06. The van der Waals surface area contributed by atoms with Crippen LogP contribution in [0.3, 0.4) is 0 Å². The second-order valence-corrected chi connectivity index (χ2v) is 8.81. The molecule has 1 saturated carbocycles. The van der Waals surface area contributed by atoms with Crippen LogP contribution in [0.2, 0.25) is 0 Å². The van der Waals surface area contributed by atoms with E-state index in [1.165, 1.54) is 18.0 Å². The van der Waals surface area contributed by atoms with Crippen LogP contribution in [0.5, 0.6) is 0 Å². The van der Waals surface area contributed by atoms with Gasteiger partial charge in [0.25, 0.3) is 5.56 Å². The van der Waals surface area contributed by atoms with Gasteiger partial charge in [-0.05, 0) is 30.1 Å². The summed E-state index contributed by atoms with van der Waals surface area (Å²) in [6, 6.07) is 0.431. The average molecular weight is 331 g/mol. The molecular weight excluding hydrogens is 306 g/mol. The average Bonchev–Trinajstić information content (AvgIpc) is 3.01. The maximum Gasteiger partial charge on any atom is 0.332 e. The SMILES string of the molecule is Cn1c(=O)c2[nH]c(N3CC4(C)CC3CC(C)(C)C4)nc2n(C)c1=O. The van der Waals surface area contributed by atoms with E-state index in [9.17, 15) is 9.59 Å². The van der Waals surface area contributed by atoms with E-state index in [4.69, 9.17) is 0 Å². The van der Waals surface area contributed by atoms with Crippen molar-refractivity contribution in [3.63, 3.8) is 0 Å². The fraction of sp³-hybridized carbons (Fsp3) is 0.706. The van der Waals surface area contributed by atoms with Gasteiger partial charge in [-0.3, -0.25) is 13.9 Å². The van der Waals surface area contributed by atoms with E-state index in [0.717, 1.165) is 29.9 Å². The first-order valence-corrected chi connectivity index (χ1v) is 8.53. The molecule has 2 aliphatic rings. The molecule has 0 radical (unpaired) electrons. The maximum absolute atomic E-state index is 12.4. The van der Waals surface area contributed by atoms with Gasteiger partial charge in [0.15, 0.2) is 11.2 Å². The largest absolute Gasteiger partial charge is 0.339 e. The number of hydrogen-bond acceptors (Lipinski definition) is 4. The van der Waals surface area contributed by atoms with E-state index < -0.39 is 0 Å². The number of aromatic amines is 1. The fourth-order valence-electron chi connectivity index (χ4n) is 5.16. The second kappa shape index (κ2) is 4.52. The molecule has 2 aromatic heterocycles. The Kier molecular flexibility index (Phi) is 2.91. The number of hydrogen-bond donors (Lipinski definition) is 1. The van der Waals surface area contributed by atoms with Crippen molar-refractivity contribution in [1.29, 1.82) is 0 Å². The Balaban J connectivity index is 1.84. The van der Waals surface area contributed by atoms with E-state index in [0.29, 0.717) is 22.6 Å². The summed E-state index contributed by atoms with van der Waals surface area (Å²) in [6.07, 6.45) is 3.48. The zero-order valence-corrected chi connectivity index (χ0v) is 15.0. The minimum atomic E-state index is -0.348. The van der Waals surface area contributed by atoms with Gasteiger partial charge in [0, 0.05) is 26.7 Å². The molecule has 130 valence electrons. The summed E-state index contributed by atoms with van der Waals surface area (Å²) in [5.74, 6) is 0.717. The van der Waals surface area contributed by atoms with E-state index in [1.807, 2.05) is 0 Å². The maximum atomic E-state index is 12.4. The molecule has 3 heterocycles. The second-order valence-electron chi connectivity index (χ2n) is 8.81. The summed E-state index contributed by atoms with van der Waals surface area (Å²) in [4.78, 5) is 34.6. The molecular formula is C17H25N5O2. The highest BCUT2D eigenvalue weighted by Crippen LogP contribution is 2.53. The highest BCUT2D eigenvalue weighted by molar-refractivity contribution is 5.73. The molecule has 1 N–H and O–H groups in total. The summed E-state index contributed by atoms with van der Waals surface area (Å²) in [5, 5.41) is 0. The van der Waals surface area contributed by atoms with Crippen LogP contribution >= 0.6 is 0 Å². The number of rotatable bonds is 1. The van der Waals surface area contributed by atoms with Crippen molar-refractivity contribution in [2.24, 2.45) is 24.9 Å². The molecule has 0 aromatic carbocycles. The molecule has 1 saturated heterocycles. The number of aryl methyl sites for hydroxylation is 1. The van der Waals surface area contributed by atoms with Gasteiger partial charge in [0.05, 0.1) is 0 Å². The number of nitrogens with one attached hydrogen (secondary N) is 1. The Labute approximate surface area is 140 Å².